The van der Waals surface area contributed by atoms with Crippen LogP contribution in [-0.2, 0) is 6.42 Å². The number of anilines is 2. The summed E-state index contributed by atoms with van der Waals surface area (Å²) in [5.41, 5.74) is 1.18. The lowest BCUT2D eigenvalue weighted by Gasteiger charge is -2.38. The highest BCUT2D eigenvalue weighted by Gasteiger charge is 2.32. The van der Waals surface area contributed by atoms with Crippen molar-refractivity contribution in [1.82, 2.24) is 14.9 Å². The predicted octanol–water partition coefficient (Wildman–Crippen LogP) is 2.06. The summed E-state index contributed by atoms with van der Waals surface area (Å²) in [6, 6.07) is 0.723. The van der Waals surface area contributed by atoms with Crippen molar-refractivity contribution in [3.05, 3.63) is 11.4 Å². The van der Waals surface area contributed by atoms with Crippen molar-refractivity contribution in [2.75, 3.05) is 43.4 Å². The number of piperazine rings is 1. The second kappa shape index (κ2) is 6.18. The molecule has 116 valence electrons. The maximum atomic E-state index is 4.86. The van der Waals surface area contributed by atoms with E-state index in [1.54, 1.807) is 0 Å². The number of hydrogen-bond acceptors (Lipinski definition) is 5. The zero-order valence-corrected chi connectivity index (χ0v) is 13.5. The number of fused-ring (bicyclic) bond motifs is 1. The first kappa shape index (κ1) is 14.6. The Morgan fingerprint density at radius 1 is 1.24 bits per heavy atom. The molecule has 1 atom stereocenters. The van der Waals surface area contributed by atoms with Crippen LogP contribution in [0.15, 0.2) is 0 Å². The summed E-state index contributed by atoms with van der Waals surface area (Å²) in [5, 5.41) is 3.23. The molecule has 5 nitrogen and oxygen atoms in total. The normalized spacial score (nSPS) is 22.4. The summed E-state index contributed by atoms with van der Waals surface area (Å²) in [6.45, 7) is 8.98. The lowest BCUT2D eigenvalue weighted by atomic mass is 10.1. The Balaban J connectivity index is 1.87. The van der Waals surface area contributed by atoms with Gasteiger partial charge in [-0.2, -0.15) is 0 Å². The fourth-order valence-corrected chi connectivity index (χ4v) is 3.62. The molecule has 0 aliphatic carbocycles. The number of aromatic nitrogens is 2. The summed E-state index contributed by atoms with van der Waals surface area (Å²) < 4.78 is 0. The molecule has 0 saturated carbocycles. The van der Waals surface area contributed by atoms with Crippen LogP contribution in [0.3, 0.4) is 0 Å². The van der Waals surface area contributed by atoms with Crippen molar-refractivity contribution < 1.29 is 0 Å². The Bertz CT molecular complexity index is 502. The van der Waals surface area contributed by atoms with Gasteiger partial charge in [0, 0.05) is 44.7 Å². The summed E-state index contributed by atoms with van der Waals surface area (Å²) in [5.74, 6) is 3.10. The summed E-state index contributed by atoms with van der Waals surface area (Å²) >= 11 is 0. The summed E-state index contributed by atoms with van der Waals surface area (Å²) in [4.78, 5) is 14.6. The molecule has 5 heteroatoms. The quantitative estimate of drug-likeness (QED) is 0.919. The maximum Gasteiger partial charge on any atom is 0.137 e. The van der Waals surface area contributed by atoms with Crippen LogP contribution < -0.4 is 10.2 Å². The van der Waals surface area contributed by atoms with Crippen LogP contribution in [0, 0.1) is 6.92 Å². The molecule has 1 aromatic heterocycles. The van der Waals surface area contributed by atoms with Gasteiger partial charge in [-0.25, -0.2) is 9.97 Å². The first-order valence-corrected chi connectivity index (χ1v) is 8.27. The van der Waals surface area contributed by atoms with Crippen molar-refractivity contribution in [2.45, 2.75) is 45.6 Å². The van der Waals surface area contributed by atoms with Gasteiger partial charge in [-0.05, 0) is 32.7 Å². The molecule has 1 aromatic rings. The third kappa shape index (κ3) is 2.84. The first-order valence-electron chi connectivity index (χ1n) is 8.27. The molecule has 1 N–H and O–H groups in total. The fourth-order valence-electron chi connectivity index (χ4n) is 3.62. The Hall–Kier alpha value is -1.36. The van der Waals surface area contributed by atoms with E-state index < -0.39 is 0 Å². The Kier molecular flexibility index (Phi) is 4.29. The molecule has 2 saturated heterocycles. The van der Waals surface area contributed by atoms with E-state index in [-0.39, 0.29) is 0 Å². The van der Waals surface area contributed by atoms with Gasteiger partial charge in [-0.1, -0.05) is 6.92 Å². The topological polar surface area (TPSA) is 44.3 Å². The number of rotatable bonds is 4. The van der Waals surface area contributed by atoms with Crippen molar-refractivity contribution >= 4 is 11.6 Å². The second-order valence-corrected chi connectivity index (χ2v) is 6.22. The SMILES string of the molecule is CCCc1nc(NC)c(C)c(N2CCN3CCCC3C2)n1. The van der Waals surface area contributed by atoms with Gasteiger partial charge in [0.05, 0.1) is 0 Å². The van der Waals surface area contributed by atoms with Crippen LogP contribution in [0.25, 0.3) is 0 Å². The molecular formula is C16H27N5. The molecule has 2 aliphatic rings. The fraction of sp³-hybridized carbons (Fsp3) is 0.750. The molecule has 0 amide bonds. The lowest BCUT2D eigenvalue weighted by Crippen LogP contribution is -2.50. The number of nitrogens with one attached hydrogen (secondary N) is 1. The minimum absolute atomic E-state index is 0.723. The van der Waals surface area contributed by atoms with E-state index in [9.17, 15) is 0 Å². The Labute approximate surface area is 127 Å². The molecule has 21 heavy (non-hydrogen) atoms. The van der Waals surface area contributed by atoms with E-state index in [0.717, 1.165) is 49.4 Å². The average molecular weight is 289 g/mol. The minimum atomic E-state index is 0.723. The monoisotopic (exact) mass is 289 g/mol. The van der Waals surface area contributed by atoms with E-state index in [1.165, 1.54) is 31.5 Å². The highest BCUT2D eigenvalue weighted by atomic mass is 15.3. The van der Waals surface area contributed by atoms with Gasteiger partial charge in [0.25, 0.3) is 0 Å². The van der Waals surface area contributed by atoms with Crippen LogP contribution in [0.5, 0.6) is 0 Å². The van der Waals surface area contributed by atoms with Gasteiger partial charge < -0.3 is 10.2 Å². The molecule has 3 rings (SSSR count). The van der Waals surface area contributed by atoms with Crippen molar-refractivity contribution in [1.29, 1.82) is 0 Å². The highest BCUT2D eigenvalue weighted by Crippen LogP contribution is 2.28. The van der Waals surface area contributed by atoms with Crippen LogP contribution in [0.2, 0.25) is 0 Å². The van der Waals surface area contributed by atoms with Gasteiger partial charge >= 0.3 is 0 Å². The Morgan fingerprint density at radius 3 is 2.86 bits per heavy atom. The molecule has 0 bridgehead atoms. The molecule has 2 fully saturated rings. The van der Waals surface area contributed by atoms with Gasteiger partial charge in [0.15, 0.2) is 0 Å². The molecule has 0 spiro atoms. The number of aryl methyl sites for hydroxylation is 1. The van der Waals surface area contributed by atoms with E-state index >= 15 is 0 Å². The van der Waals surface area contributed by atoms with Crippen molar-refractivity contribution in [3.63, 3.8) is 0 Å². The predicted molar refractivity (Wildman–Crippen MR) is 87.1 cm³/mol. The lowest BCUT2D eigenvalue weighted by molar-refractivity contribution is 0.230. The third-order valence-electron chi connectivity index (χ3n) is 4.76. The van der Waals surface area contributed by atoms with Crippen molar-refractivity contribution in [2.24, 2.45) is 0 Å². The second-order valence-electron chi connectivity index (χ2n) is 6.22. The van der Waals surface area contributed by atoms with Crippen molar-refractivity contribution in [3.8, 4) is 0 Å². The molecular weight excluding hydrogens is 262 g/mol. The zero-order valence-electron chi connectivity index (χ0n) is 13.5. The zero-order chi connectivity index (χ0) is 14.8. The van der Waals surface area contributed by atoms with Crippen LogP contribution in [0.4, 0.5) is 11.6 Å². The molecule has 0 aromatic carbocycles. The third-order valence-corrected chi connectivity index (χ3v) is 4.76. The number of nitrogens with zero attached hydrogens (tertiary/aromatic N) is 4. The standard InChI is InChI=1S/C16H27N5/c1-4-6-14-18-15(17-3)12(2)16(19-14)21-10-9-20-8-5-7-13(20)11-21/h13H,4-11H2,1-3H3,(H,17,18,19). The Morgan fingerprint density at radius 2 is 2.10 bits per heavy atom. The van der Waals surface area contributed by atoms with Gasteiger partial charge in [0.1, 0.15) is 17.5 Å². The molecule has 2 aliphatic heterocycles. The van der Waals surface area contributed by atoms with E-state index in [2.05, 4.69) is 33.9 Å². The van der Waals surface area contributed by atoms with Gasteiger partial charge in [0.2, 0.25) is 0 Å². The molecule has 0 radical (unpaired) electrons. The van der Waals surface area contributed by atoms with E-state index in [1.807, 2.05) is 7.05 Å². The smallest absolute Gasteiger partial charge is 0.137 e. The first-order chi connectivity index (χ1) is 10.2. The van der Waals surface area contributed by atoms with E-state index in [0.29, 0.717) is 0 Å². The highest BCUT2D eigenvalue weighted by molar-refractivity contribution is 5.58. The average Bonchev–Trinajstić information content (AvgIpc) is 2.96. The van der Waals surface area contributed by atoms with Crippen LogP contribution in [-0.4, -0.2) is 54.1 Å². The molecule has 1 unspecified atom stereocenters. The maximum absolute atomic E-state index is 4.86. The summed E-state index contributed by atoms with van der Waals surface area (Å²) in [7, 11) is 1.95. The number of hydrogen-bond donors (Lipinski definition) is 1. The molecule has 3 heterocycles. The largest absolute Gasteiger partial charge is 0.373 e. The van der Waals surface area contributed by atoms with Crippen LogP contribution >= 0.6 is 0 Å². The van der Waals surface area contributed by atoms with Crippen LogP contribution in [0.1, 0.15) is 37.6 Å². The van der Waals surface area contributed by atoms with E-state index in [4.69, 9.17) is 4.98 Å². The van der Waals surface area contributed by atoms with Gasteiger partial charge in [-0.3, -0.25) is 4.90 Å². The minimum Gasteiger partial charge on any atom is -0.373 e. The van der Waals surface area contributed by atoms with Gasteiger partial charge in [-0.15, -0.1) is 0 Å². The summed E-state index contributed by atoms with van der Waals surface area (Å²) in [6.07, 6.45) is 4.72.